The maximum Gasteiger partial charge on any atom is 0.123 e. The SMILES string of the molecule is Cc1ccc(-c2ccc(F)cc2)n1CCO. The number of aromatic nitrogens is 1. The Labute approximate surface area is 94.0 Å². The fraction of sp³-hybridized carbons (Fsp3) is 0.231. The molecule has 16 heavy (non-hydrogen) atoms. The van der Waals surface area contributed by atoms with Crippen LogP contribution in [0.15, 0.2) is 36.4 Å². The van der Waals surface area contributed by atoms with Gasteiger partial charge in [0.25, 0.3) is 0 Å². The Bertz CT molecular complexity index is 473. The van der Waals surface area contributed by atoms with Gasteiger partial charge in [-0.1, -0.05) is 0 Å². The van der Waals surface area contributed by atoms with Crippen LogP contribution in [0.2, 0.25) is 0 Å². The second kappa shape index (κ2) is 4.49. The topological polar surface area (TPSA) is 25.2 Å². The fourth-order valence-electron chi connectivity index (χ4n) is 1.84. The number of aliphatic hydroxyl groups excluding tert-OH is 1. The first-order valence-electron chi connectivity index (χ1n) is 5.25. The molecule has 0 aliphatic heterocycles. The van der Waals surface area contributed by atoms with E-state index in [1.165, 1.54) is 12.1 Å². The van der Waals surface area contributed by atoms with Gasteiger partial charge >= 0.3 is 0 Å². The molecule has 0 unspecified atom stereocenters. The zero-order valence-electron chi connectivity index (χ0n) is 9.15. The standard InChI is InChI=1S/C13H14FNO/c1-10-2-7-13(15(10)8-9-16)11-3-5-12(14)6-4-11/h2-7,16H,8-9H2,1H3. The molecule has 3 heteroatoms. The minimum atomic E-state index is -0.235. The summed E-state index contributed by atoms with van der Waals surface area (Å²) in [6.07, 6.45) is 0. The van der Waals surface area contributed by atoms with Gasteiger partial charge in [-0.3, -0.25) is 0 Å². The van der Waals surface area contributed by atoms with Crippen LogP contribution in [0.3, 0.4) is 0 Å². The highest BCUT2D eigenvalue weighted by atomic mass is 19.1. The molecule has 2 aromatic rings. The fourth-order valence-corrected chi connectivity index (χ4v) is 1.84. The van der Waals surface area contributed by atoms with E-state index >= 15 is 0 Å². The number of halogens is 1. The Morgan fingerprint density at radius 2 is 1.81 bits per heavy atom. The predicted octanol–water partition coefficient (Wildman–Crippen LogP) is 2.59. The van der Waals surface area contributed by atoms with Gasteiger partial charge in [-0.25, -0.2) is 4.39 Å². The molecular weight excluding hydrogens is 205 g/mol. The Kier molecular flexibility index (Phi) is 3.06. The lowest BCUT2D eigenvalue weighted by atomic mass is 10.1. The Morgan fingerprint density at radius 1 is 1.12 bits per heavy atom. The van der Waals surface area contributed by atoms with Gasteiger partial charge < -0.3 is 9.67 Å². The van der Waals surface area contributed by atoms with E-state index in [1.807, 2.05) is 23.6 Å². The molecule has 1 aromatic heterocycles. The van der Waals surface area contributed by atoms with Crippen molar-refractivity contribution < 1.29 is 9.50 Å². The quantitative estimate of drug-likeness (QED) is 0.843. The summed E-state index contributed by atoms with van der Waals surface area (Å²) < 4.78 is 14.8. The summed E-state index contributed by atoms with van der Waals surface area (Å²) >= 11 is 0. The Morgan fingerprint density at radius 3 is 2.44 bits per heavy atom. The molecule has 0 spiro atoms. The van der Waals surface area contributed by atoms with E-state index in [0.29, 0.717) is 6.54 Å². The molecule has 2 rings (SSSR count). The van der Waals surface area contributed by atoms with Gasteiger partial charge in [0.15, 0.2) is 0 Å². The Balaban J connectivity index is 2.43. The van der Waals surface area contributed by atoms with E-state index < -0.39 is 0 Å². The third kappa shape index (κ3) is 1.99. The van der Waals surface area contributed by atoms with Crippen LogP contribution >= 0.6 is 0 Å². The lowest BCUT2D eigenvalue weighted by molar-refractivity contribution is 0.276. The highest BCUT2D eigenvalue weighted by Gasteiger charge is 2.06. The first-order chi connectivity index (χ1) is 7.72. The molecule has 0 amide bonds. The highest BCUT2D eigenvalue weighted by molar-refractivity contribution is 5.60. The third-order valence-corrected chi connectivity index (χ3v) is 2.66. The molecule has 1 aromatic carbocycles. The van der Waals surface area contributed by atoms with Crippen molar-refractivity contribution in [2.24, 2.45) is 0 Å². The largest absolute Gasteiger partial charge is 0.395 e. The van der Waals surface area contributed by atoms with E-state index in [1.54, 1.807) is 12.1 Å². The predicted molar refractivity (Wildman–Crippen MR) is 61.6 cm³/mol. The first-order valence-corrected chi connectivity index (χ1v) is 5.25. The molecule has 2 nitrogen and oxygen atoms in total. The van der Waals surface area contributed by atoms with Crippen LogP contribution < -0.4 is 0 Å². The molecule has 0 saturated carbocycles. The number of aryl methyl sites for hydroxylation is 1. The summed E-state index contributed by atoms with van der Waals surface area (Å²) in [6, 6.07) is 10.4. The van der Waals surface area contributed by atoms with Gasteiger partial charge in [-0.05, 0) is 48.9 Å². The van der Waals surface area contributed by atoms with Gasteiger partial charge in [0, 0.05) is 17.9 Å². The molecular formula is C13H14FNO. The van der Waals surface area contributed by atoms with E-state index in [2.05, 4.69) is 0 Å². The van der Waals surface area contributed by atoms with Gasteiger partial charge in [0.05, 0.1) is 6.61 Å². The number of aliphatic hydroxyl groups is 1. The van der Waals surface area contributed by atoms with Crippen molar-refractivity contribution in [3.05, 3.63) is 47.9 Å². The normalized spacial score (nSPS) is 10.7. The van der Waals surface area contributed by atoms with Crippen molar-refractivity contribution in [3.8, 4) is 11.3 Å². The zero-order chi connectivity index (χ0) is 11.5. The summed E-state index contributed by atoms with van der Waals surface area (Å²) in [5.41, 5.74) is 3.06. The molecule has 1 heterocycles. The van der Waals surface area contributed by atoms with Crippen LogP contribution in [0.1, 0.15) is 5.69 Å². The second-order valence-corrected chi connectivity index (χ2v) is 3.74. The third-order valence-electron chi connectivity index (χ3n) is 2.66. The average molecular weight is 219 g/mol. The summed E-state index contributed by atoms with van der Waals surface area (Å²) in [5.74, 6) is -0.235. The van der Waals surface area contributed by atoms with Crippen LogP contribution in [0.5, 0.6) is 0 Å². The summed E-state index contributed by atoms with van der Waals surface area (Å²) in [5, 5.41) is 9.00. The van der Waals surface area contributed by atoms with E-state index in [9.17, 15) is 4.39 Å². The van der Waals surface area contributed by atoms with Crippen LogP contribution in [-0.4, -0.2) is 16.3 Å². The van der Waals surface area contributed by atoms with Crippen molar-refractivity contribution >= 4 is 0 Å². The second-order valence-electron chi connectivity index (χ2n) is 3.74. The van der Waals surface area contributed by atoms with Crippen molar-refractivity contribution in [1.29, 1.82) is 0 Å². The molecule has 0 saturated heterocycles. The van der Waals surface area contributed by atoms with Gasteiger partial charge in [-0.15, -0.1) is 0 Å². The summed E-state index contributed by atoms with van der Waals surface area (Å²) in [7, 11) is 0. The lowest BCUT2D eigenvalue weighted by Crippen LogP contribution is -2.05. The molecule has 84 valence electrons. The first kappa shape index (κ1) is 10.9. The van der Waals surface area contributed by atoms with Gasteiger partial charge in [-0.2, -0.15) is 0 Å². The van der Waals surface area contributed by atoms with Crippen LogP contribution in [0.4, 0.5) is 4.39 Å². The zero-order valence-corrected chi connectivity index (χ0v) is 9.15. The highest BCUT2D eigenvalue weighted by Crippen LogP contribution is 2.22. The monoisotopic (exact) mass is 219 g/mol. The molecule has 0 aliphatic carbocycles. The minimum Gasteiger partial charge on any atom is -0.395 e. The van der Waals surface area contributed by atoms with Crippen LogP contribution in [-0.2, 0) is 6.54 Å². The number of benzene rings is 1. The molecule has 0 radical (unpaired) electrons. The molecule has 0 fully saturated rings. The minimum absolute atomic E-state index is 0.101. The molecule has 0 aliphatic rings. The van der Waals surface area contributed by atoms with Crippen LogP contribution in [0, 0.1) is 12.7 Å². The number of rotatable bonds is 3. The van der Waals surface area contributed by atoms with Gasteiger partial charge in [0.1, 0.15) is 5.82 Å². The maximum atomic E-state index is 12.8. The maximum absolute atomic E-state index is 12.8. The Hall–Kier alpha value is -1.61. The molecule has 1 N–H and O–H groups in total. The van der Waals surface area contributed by atoms with Crippen molar-refractivity contribution in [2.45, 2.75) is 13.5 Å². The van der Waals surface area contributed by atoms with E-state index in [0.717, 1.165) is 17.0 Å². The number of hydrogen-bond donors (Lipinski definition) is 1. The van der Waals surface area contributed by atoms with Crippen molar-refractivity contribution in [1.82, 2.24) is 4.57 Å². The van der Waals surface area contributed by atoms with Crippen LogP contribution in [0.25, 0.3) is 11.3 Å². The number of nitrogens with zero attached hydrogens (tertiary/aromatic N) is 1. The van der Waals surface area contributed by atoms with E-state index in [4.69, 9.17) is 5.11 Å². The van der Waals surface area contributed by atoms with Crippen molar-refractivity contribution in [2.75, 3.05) is 6.61 Å². The average Bonchev–Trinajstić information content (AvgIpc) is 2.63. The van der Waals surface area contributed by atoms with Gasteiger partial charge in [0.2, 0.25) is 0 Å². The molecule has 0 atom stereocenters. The van der Waals surface area contributed by atoms with Crippen molar-refractivity contribution in [3.63, 3.8) is 0 Å². The number of hydrogen-bond acceptors (Lipinski definition) is 1. The lowest BCUT2D eigenvalue weighted by Gasteiger charge is -2.10. The van der Waals surface area contributed by atoms with E-state index in [-0.39, 0.29) is 12.4 Å². The summed E-state index contributed by atoms with van der Waals surface area (Å²) in [4.78, 5) is 0. The summed E-state index contributed by atoms with van der Waals surface area (Å²) in [6.45, 7) is 2.65. The molecule has 0 bridgehead atoms. The smallest absolute Gasteiger partial charge is 0.123 e.